The van der Waals surface area contributed by atoms with Crippen LogP contribution in [0.1, 0.15) is 58.6 Å². The van der Waals surface area contributed by atoms with Crippen LogP contribution in [0.15, 0.2) is 24.3 Å². The van der Waals surface area contributed by atoms with Gasteiger partial charge in [-0.1, -0.05) is 26.0 Å². The largest absolute Gasteiger partial charge is 0.493 e. The summed E-state index contributed by atoms with van der Waals surface area (Å²) >= 11 is 0. The number of nitrogens with zero attached hydrogens (tertiary/aromatic N) is 1. The van der Waals surface area contributed by atoms with Gasteiger partial charge in [0.05, 0.1) is 19.6 Å². The second-order valence-corrected chi connectivity index (χ2v) is 11.0. The number of esters is 1. The molecule has 0 saturated heterocycles. The molecule has 1 N–H and O–H groups in total. The molecule has 9 heteroatoms. The Morgan fingerprint density at radius 3 is 2.61 bits per heavy atom. The number of ether oxygens (including phenoxy) is 4. The monoisotopic (exact) mass is 502 g/mol. The zero-order valence-corrected chi connectivity index (χ0v) is 22.3. The molecule has 0 fully saturated rings. The minimum atomic E-state index is -0.828. The molecule has 4 rings (SSSR count). The standard InChI is InChI=1S/C27H38N2O7/c1-16(2)22(28-25(31)36-26(3,4)5)24(30)34-18-10-11-27-12-13-29(33-7)15-17-8-9-19(32-6)23(21(17)27)35-20(27)14-18/h8-11,16,18,20,22H,12-15H2,1-7H3,(H,28,31). The number of hydrogen-bond acceptors (Lipinski definition) is 8. The van der Waals surface area contributed by atoms with Crippen molar-refractivity contribution in [1.29, 1.82) is 0 Å². The maximum absolute atomic E-state index is 13.1. The zero-order chi connectivity index (χ0) is 26.3. The van der Waals surface area contributed by atoms with Crippen LogP contribution in [0.2, 0.25) is 0 Å². The van der Waals surface area contributed by atoms with Gasteiger partial charge in [0.1, 0.15) is 23.9 Å². The fourth-order valence-electron chi connectivity index (χ4n) is 5.30. The first-order chi connectivity index (χ1) is 17.0. The Kier molecular flexibility index (Phi) is 7.26. The van der Waals surface area contributed by atoms with Crippen molar-refractivity contribution in [2.75, 3.05) is 20.8 Å². The third-order valence-electron chi connectivity index (χ3n) is 7.02. The first-order valence-electron chi connectivity index (χ1n) is 12.5. The quantitative estimate of drug-likeness (QED) is 0.463. The van der Waals surface area contributed by atoms with E-state index in [0.29, 0.717) is 18.7 Å². The molecule has 1 spiro atoms. The van der Waals surface area contributed by atoms with Crippen molar-refractivity contribution in [2.45, 2.75) is 83.3 Å². The molecule has 0 bridgehead atoms. The summed E-state index contributed by atoms with van der Waals surface area (Å²) in [4.78, 5) is 31.0. The van der Waals surface area contributed by atoms with Crippen LogP contribution in [0.5, 0.6) is 11.5 Å². The predicted molar refractivity (Wildman–Crippen MR) is 133 cm³/mol. The van der Waals surface area contributed by atoms with E-state index < -0.39 is 29.8 Å². The Balaban J connectivity index is 1.54. The van der Waals surface area contributed by atoms with Crippen molar-refractivity contribution in [3.63, 3.8) is 0 Å². The van der Waals surface area contributed by atoms with Crippen molar-refractivity contribution in [1.82, 2.24) is 10.4 Å². The van der Waals surface area contributed by atoms with Gasteiger partial charge in [-0.05, 0) is 50.8 Å². The number of alkyl carbamates (subject to hydrolysis) is 1. The summed E-state index contributed by atoms with van der Waals surface area (Å²) in [5.41, 5.74) is 1.23. The lowest BCUT2D eigenvalue weighted by molar-refractivity contribution is -0.152. The summed E-state index contributed by atoms with van der Waals surface area (Å²) < 4.78 is 23.3. The Bertz CT molecular complexity index is 1030. The number of carbonyl (C=O) groups excluding carboxylic acids is 2. The van der Waals surface area contributed by atoms with E-state index in [1.54, 1.807) is 35.0 Å². The number of methoxy groups -OCH3 is 1. The zero-order valence-electron chi connectivity index (χ0n) is 22.3. The van der Waals surface area contributed by atoms with E-state index in [-0.39, 0.29) is 17.4 Å². The van der Waals surface area contributed by atoms with E-state index in [2.05, 4.69) is 17.5 Å². The minimum absolute atomic E-state index is 0.176. The van der Waals surface area contributed by atoms with Crippen molar-refractivity contribution >= 4 is 12.1 Å². The van der Waals surface area contributed by atoms with E-state index in [1.807, 2.05) is 31.1 Å². The second-order valence-electron chi connectivity index (χ2n) is 11.0. The van der Waals surface area contributed by atoms with Crippen molar-refractivity contribution in [3.8, 4) is 11.5 Å². The van der Waals surface area contributed by atoms with Gasteiger partial charge in [0.2, 0.25) is 0 Å². The molecule has 3 aliphatic rings. The lowest BCUT2D eigenvalue weighted by atomic mass is 9.69. The van der Waals surface area contributed by atoms with Crippen molar-refractivity contribution in [3.05, 3.63) is 35.4 Å². The third kappa shape index (κ3) is 5.04. The van der Waals surface area contributed by atoms with Gasteiger partial charge in [0.15, 0.2) is 11.5 Å². The van der Waals surface area contributed by atoms with Crippen LogP contribution in [0.3, 0.4) is 0 Å². The molecule has 2 heterocycles. The number of rotatable bonds is 6. The van der Waals surface area contributed by atoms with Gasteiger partial charge in [-0.25, -0.2) is 9.59 Å². The summed E-state index contributed by atoms with van der Waals surface area (Å²) in [5, 5.41) is 4.61. The number of hydrogen-bond donors (Lipinski definition) is 1. The fraction of sp³-hybridized carbons (Fsp3) is 0.630. The molecule has 0 radical (unpaired) electrons. The van der Waals surface area contributed by atoms with E-state index in [4.69, 9.17) is 23.8 Å². The first kappa shape index (κ1) is 26.3. The van der Waals surface area contributed by atoms with E-state index in [9.17, 15) is 9.59 Å². The lowest BCUT2D eigenvalue weighted by Crippen LogP contribution is -2.49. The highest BCUT2D eigenvalue weighted by Crippen LogP contribution is 2.56. The molecule has 2 aliphatic heterocycles. The maximum atomic E-state index is 13.1. The predicted octanol–water partition coefficient (Wildman–Crippen LogP) is 3.88. The summed E-state index contributed by atoms with van der Waals surface area (Å²) in [6.45, 7) is 10.4. The smallest absolute Gasteiger partial charge is 0.408 e. The van der Waals surface area contributed by atoms with Gasteiger partial charge in [0.25, 0.3) is 0 Å². The normalized spacial score (nSPS) is 25.8. The molecule has 0 aromatic heterocycles. The number of amides is 1. The summed E-state index contributed by atoms with van der Waals surface area (Å²) in [7, 11) is 3.32. The number of benzene rings is 1. The number of nitrogens with one attached hydrogen (secondary N) is 1. The maximum Gasteiger partial charge on any atom is 0.408 e. The fourth-order valence-corrected chi connectivity index (χ4v) is 5.30. The molecular weight excluding hydrogens is 464 g/mol. The molecule has 9 nitrogen and oxygen atoms in total. The van der Waals surface area contributed by atoms with Crippen LogP contribution in [-0.2, 0) is 31.1 Å². The Morgan fingerprint density at radius 2 is 1.97 bits per heavy atom. The highest BCUT2D eigenvalue weighted by atomic mass is 16.7. The van der Waals surface area contributed by atoms with Gasteiger partial charge >= 0.3 is 12.1 Å². The molecule has 1 amide bonds. The van der Waals surface area contributed by atoms with Gasteiger partial charge < -0.3 is 29.1 Å². The first-order valence-corrected chi connectivity index (χ1v) is 12.5. The second kappa shape index (κ2) is 9.94. The van der Waals surface area contributed by atoms with Gasteiger partial charge in [0, 0.05) is 25.1 Å². The molecule has 4 atom stereocenters. The van der Waals surface area contributed by atoms with Crippen LogP contribution in [0, 0.1) is 5.92 Å². The van der Waals surface area contributed by atoms with Gasteiger partial charge in [-0.3, -0.25) is 0 Å². The van der Waals surface area contributed by atoms with Crippen LogP contribution in [-0.4, -0.2) is 61.7 Å². The molecule has 198 valence electrons. The Hall–Kier alpha value is -2.78. The highest BCUT2D eigenvalue weighted by molar-refractivity contribution is 5.82. The average Bonchev–Trinajstić information content (AvgIpc) is 3.04. The summed E-state index contributed by atoms with van der Waals surface area (Å²) in [6, 6.07) is 3.17. The summed E-state index contributed by atoms with van der Waals surface area (Å²) in [5.74, 6) is 0.768. The van der Waals surface area contributed by atoms with Gasteiger partial charge in [-0.2, -0.15) is 5.06 Å². The van der Waals surface area contributed by atoms with Crippen LogP contribution in [0.25, 0.3) is 0 Å². The van der Waals surface area contributed by atoms with E-state index in [1.165, 1.54) is 0 Å². The average molecular weight is 503 g/mol. The third-order valence-corrected chi connectivity index (χ3v) is 7.02. The van der Waals surface area contributed by atoms with E-state index >= 15 is 0 Å². The van der Waals surface area contributed by atoms with E-state index in [0.717, 1.165) is 29.8 Å². The molecule has 1 aliphatic carbocycles. The molecule has 0 saturated carbocycles. The van der Waals surface area contributed by atoms with Crippen LogP contribution in [0.4, 0.5) is 4.79 Å². The van der Waals surface area contributed by atoms with Crippen molar-refractivity contribution < 1.29 is 33.4 Å². The van der Waals surface area contributed by atoms with Crippen LogP contribution < -0.4 is 14.8 Å². The van der Waals surface area contributed by atoms with Gasteiger partial charge in [-0.15, -0.1) is 0 Å². The summed E-state index contributed by atoms with van der Waals surface area (Å²) in [6.07, 6.45) is 4.00. The van der Waals surface area contributed by atoms with Crippen LogP contribution >= 0.6 is 0 Å². The topological polar surface area (TPSA) is 95.6 Å². The minimum Gasteiger partial charge on any atom is -0.493 e. The highest BCUT2D eigenvalue weighted by Gasteiger charge is 2.53. The molecular formula is C27H38N2O7. The number of carbonyl (C=O) groups is 2. The molecule has 1 aromatic carbocycles. The SMILES string of the molecule is COc1ccc2c3c1OC1CC(OC(=O)C(NC(=O)OC(C)(C)C)C(C)C)C=CC31CCN(OC)C2. The Morgan fingerprint density at radius 1 is 1.22 bits per heavy atom. The van der Waals surface area contributed by atoms with Crippen molar-refractivity contribution in [2.24, 2.45) is 5.92 Å². The molecule has 36 heavy (non-hydrogen) atoms. The molecule has 4 unspecified atom stereocenters. The number of hydroxylamine groups is 2. The Labute approximate surface area is 213 Å². The molecule has 1 aromatic rings. The lowest BCUT2D eigenvalue weighted by Gasteiger charge is -2.37.